The Morgan fingerprint density at radius 1 is 1.31 bits per heavy atom. The molecule has 16 heavy (non-hydrogen) atoms. The van der Waals surface area contributed by atoms with Crippen LogP contribution in [0.4, 0.5) is 0 Å². The molecule has 0 atom stereocenters. The molecule has 0 amide bonds. The highest BCUT2D eigenvalue weighted by molar-refractivity contribution is 6.29. The van der Waals surface area contributed by atoms with E-state index in [-0.39, 0.29) is 0 Å². The van der Waals surface area contributed by atoms with Crippen molar-refractivity contribution in [2.45, 2.75) is 51.9 Å². The van der Waals surface area contributed by atoms with Gasteiger partial charge in [-0.15, -0.1) is 0 Å². The third kappa shape index (κ3) is 2.94. The Kier molecular flexibility index (Phi) is 3.80. The lowest BCUT2D eigenvalue weighted by atomic mass is 10.0. The van der Waals surface area contributed by atoms with Crippen LogP contribution < -0.4 is 0 Å². The van der Waals surface area contributed by atoms with Gasteiger partial charge in [0.1, 0.15) is 11.0 Å². The van der Waals surface area contributed by atoms with E-state index < -0.39 is 0 Å². The number of hydrogen-bond acceptors (Lipinski definition) is 2. The molecule has 1 saturated carbocycles. The molecule has 0 N–H and O–H groups in total. The van der Waals surface area contributed by atoms with Crippen LogP contribution in [0.15, 0.2) is 6.07 Å². The Morgan fingerprint density at radius 3 is 2.62 bits per heavy atom. The third-order valence-electron chi connectivity index (χ3n) is 3.13. The van der Waals surface area contributed by atoms with Crippen molar-refractivity contribution in [1.82, 2.24) is 9.97 Å². The first-order chi connectivity index (χ1) is 7.65. The maximum atomic E-state index is 6.06. The van der Waals surface area contributed by atoms with Gasteiger partial charge in [0.15, 0.2) is 0 Å². The van der Waals surface area contributed by atoms with E-state index in [9.17, 15) is 0 Å². The van der Waals surface area contributed by atoms with Crippen molar-refractivity contribution in [3.8, 4) is 0 Å². The van der Waals surface area contributed by atoms with Crippen LogP contribution in [0, 0.1) is 5.92 Å². The second kappa shape index (κ2) is 5.13. The molecular formula is C13H19ClN2. The molecule has 1 fully saturated rings. The van der Waals surface area contributed by atoms with Crippen molar-refractivity contribution in [3.05, 3.63) is 22.7 Å². The van der Waals surface area contributed by atoms with Crippen molar-refractivity contribution in [2.75, 3.05) is 0 Å². The second-order valence-electron chi connectivity index (χ2n) is 5.11. The summed E-state index contributed by atoms with van der Waals surface area (Å²) in [7, 11) is 0. The van der Waals surface area contributed by atoms with Gasteiger partial charge in [0.25, 0.3) is 0 Å². The fraction of sp³-hybridized carbons (Fsp3) is 0.692. The van der Waals surface area contributed by atoms with E-state index in [1.165, 1.54) is 25.7 Å². The first-order valence-corrected chi connectivity index (χ1v) is 6.56. The first-order valence-electron chi connectivity index (χ1n) is 6.18. The average Bonchev–Trinajstić information content (AvgIpc) is 2.67. The van der Waals surface area contributed by atoms with Crippen molar-refractivity contribution in [2.24, 2.45) is 5.92 Å². The summed E-state index contributed by atoms with van der Waals surface area (Å²) in [4.78, 5) is 8.96. The van der Waals surface area contributed by atoms with Gasteiger partial charge < -0.3 is 0 Å². The molecule has 0 bridgehead atoms. The van der Waals surface area contributed by atoms with E-state index in [0.29, 0.717) is 17.0 Å². The zero-order valence-electron chi connectivity index (χ0n) is 10.0. The molecule has 0 saturated heterocycles. The predicted octanol–water partition coefficient (Wildman–Crippen LogP) is 3.99. The number of hydrogen-bond donors (Lipinski definition) is 0. The number of nitrogens with zero attached hydrogens (tertiary/aromatic N) is 2. The fourth-order valence-corrected chi connectivity index (χ4v) is 2.58. The van der Waals surface area contributed by atoms with E-state index in [1.54, 1.807) is 0 Å². The van der Waals surface area contributed by atoms with Crippen LogP contribution in [0.5, 0.6) is 0 Å². The van der Waals surface area contributed by atoms with Crippen molar-refractivity contribution in [1.29, 1.82) is 0 Å². The van der Waals surface area contributed by atoms with Crippen LogP contribution >= 0.6 is 11.6 Å². The van der Waals surface area contributed by atoms with Gasteiger partial charge in [-0.25, -0.2) is 9.97 Å². The lowest BCUT2D eigenvalue weighted by molar-refractivity contribution is 0.607. The van der Waals surface area contributed by atoms with E-state index in [0.717, 1.165) is 17.9 Å². The summed E-state index contributed by atoms with van der Waals surface area (Å²) in [5, 5.41) is 0.604. The van der Waals surface area contributed by atoms with Crippen molar-refractivity contribution < 1.29 is 0 Å². The molecule has 2 nitrogen and oxygen atoms in total. The number of rotatable bonds is 3. The van der Waals surface area contributed by atoms with Crippen LogP contribution in [0.25, 0.3) is 0 Å². The molecule has 0 radical (unpaired) electrons. The maximum Gasteiger partial charge on any atom is 0.133 e. The van der Waals surface area contributed by atoms with Gasteiger partial charge in [0.05, 0.1) is 0 Å². The van der Waals surface area contributed by atoms with Gasteiger partial charge >= 0.3 is 0 Å². The van der Waals surface area contributed by atoms with Crippen LogP contribution in [0.2, 0.25) is 5.15 Å². The minimum atomic E-state index is 0.579. The van der Waals surface area contributed by atoms with Gasteiger partial charge in [-0.05, 0) is 24.8 Å². The monoisotopic (exact) mass is 238 g/mol. The number of aromatic nitrogens is 2. The maximum absolute atomic E-state index is 6.06. The van der Waals surface area contributed by atoms with Crippen LogP contribution in [0.3, 0.4) is 0 Å². The lowest BCUT2D eigenvalue weighted by Gasteiger charge is -2.11. The Hall–Kier alpha value is -0.630. The summed E-state index contributed by atoms with van der Waals surface area (Å²) >= 11 is 6.06. The molecule has 0 spiro atoms. The van der Waals surface area contributed by atoms with Crippen molar-refractivity contribution >= 4 is 11.6 Å². The molecule has 1 heterocycles. The minimum absolute atomic E-state index is 0.579. The van der Waals surface area contributed by atoms with Crippen LogP contribution in [-0.2, 0) is 6.42 Å². The van der Waals surface area contributed by atoms with Gasteiger partial charge in [-0.2, -0.15) is 0 Å². The zero-order valence-corrected chi connectivity index (χ0v) is 10.8. The normalized spacial score (nSPS) is 17.2. The second-order valence-corrected chi connectivity index (χ2v) is 5.50. The third-order valence-corrected chi connectivity index (χ3v) is 3.32. The molecule has 1 aromatic rings. The Morgan fingerprint density at radius 2 is 2.00 bits per heavy atom. The van der Waals surface area contributed by atoms with Gasteiger partial charge in [-0.1, -0.05) is 38.3 Å². The average molecular weight is 239 g/mol. The molecule has 2 rings (SSSR count). The summed E-state index contributed by atoms with van der Waals surface area (Å²) in [5.41, 5.74) is 1.16. The Balaban J connectivity index is 2.20. The smallest absolute Gasteiger partial charge is 0.133 e. The highest BCUT2D eigenvalue weighted by Gasteiger charge is 2.19. The summed E-state index contributed by atoms with van der Waals surface area (Å²) in [6, 6.07) is 1.95. The van der Waals surface area contributed by atoms with E-state index in [4.69, 9.17) is 11.6 Å². The fourth-order valence-electron chi connectivity index (χ4n) is 2.37. The lowest BCUT2D eigenvalue weighted by Crippen LogP contribution is -2.06. The highest BCUT2D eigenvalue weighted by atomic mass is 35.5. The molecular weight excluding hydrogens is 220 g/mol. The molecule has 1 aliphatic rings. The highest BCUT2D eigenvalue weighted by Crippen LogP contribution is 2.33. The predicted molar refractivity (Wildman–Crippen MR) is 66.8 cm³/mol. The number of halogens is 1. The molecule has 1 aromatic heterocycles. The summed E-state index contributed by atoms with van der Waals surface area (Å²) in [6.07, 6.45) is 6.08. The molecule has 0 unspecified atom stereocenters. The Labute approximate surface area is 102 Å². The van der Waals surface area contributed by atoms with Crippen molar-refractivity contribution in [3.63, 3.8) is 0 Å². The molecule has 1 aliphatic carbocycles. The van der Waals surface area contributed by atoms with Gasteiger partial charge in [0.2, 0.25) is 0 Å². The molecule has 0 aromatic carbocycles. The first kappa shape index (κ1) is 11.8. The summed E-state index contributed by atoms with van der Waals surface area (Å²) < 4.78 is 0. The topological polar surface area (TPSA) is 25.8 Å². The van der Waals surface area contributed by atoms with E-state index in [1.807, 2.05) is 6.07 Å². The molecule has 0 aliphatic heterocycles. The zero-order chi connectivity index (χ0) is 11.5. The quantitative estimate of drug-likeness (QED) is 0.745. The largest absolute Gasteiger partial charge is 0.238 e. The van der Waals surface area contributed by atoms with E-state index >= 15 is 0 Å². The molecule has 3 heteroatoms. The van der Waals surface area contributed by atoms with Gasteiger partial charge in [0, 0.05) is 18.0 Å². The minimum Gasteiger partial charge on any atom is -0.238 e. The van der Waals surface area contributed by atoms with E-state index in [2.05, 4.69) is 23.8 Å². The van der Waals surface area contributed by atoms with Crippen LogP contribution in [0.1, 0.15) is 57.0 Å². The standard InChI is InChI=1S/C13H19ClN2/c1-9(2)7-13-15-11(8-12(14)16-13)10-5-3-4-6-10/h8-10H,3-7H2,1-2H3. The van der Waals surface area contributed by atoms with Gasteiger partial charge in [-0.3, -0.25) is 0 Å². The van der Waals surface area contributed by atoms with Crippen LogP contribution in [-0.4, -0.2) is 9.97 Å². The molecule has 88 valence electrons. The Bertz CT molecular complexity index is 357. The summed E-state index contributed by atoms with van der Waals surface area (Å²) in [5.74, 6) is 2.10. The summed E-state index contributed by atoms with van der Waals surface area (Å²) in [6.45, 7) is 4.36. The SMILES string of the molecule is CC(C)Cc1nc(Cl)cc(C2CCCC2)n1.